The lowest BCUT2D eigenvalue weighted by molar-refractivity contribution is 0.187. The van der Waals surface area contributed by atoms with Crippen molar-refractivity contribution in [3.05, 3.63) is 34.1 Å². The van der Waals surface area contributed by atoms with Crippen molar-refractivity contribution in [2.45, 2.75) is 26.0 Å². The molecular formula is C11H15BrFNO. The summed E-state index contributed by atoms with van der Waals surface area (Å²) in [4.78, 5) is 0. The Morgan fingerprint density at radius 1 is 1.47 bits per heavy atom. The standard InChI is InChI=1S/C11H15BrFNO/c1-7(15)6-14-8(2)9-3-4-11(13)10(12)5-9/h3-5,7-8,14-15H,6H2,1-2H3. The maximum absolute atomic E-state index is 13.0. The lowest BCUT2D eigenvalue weighted by Crippen LogP contribution is -2.27. The van der Waals surface area contributed by atoms with Crippen molar-refractivity contribution in [3.8, 4) is 0 Å². The first kappa shape index (κ1) is 12.6. The van der Waals surface area contributed by atoms with Crippen molar-refractivity contribution in [2.24, 2.45) is 0 Å². The number of rotatable bonds is 4. The van der Waals surface area contributed by atoms with Crippen LogP contribution in [0.15, 0.2) is 22.7 Å². The second-order valence-corrected chi connectivity index (χ2v) is 4.51. The largest absolute Gasteiger partial charge is 0.392 e. The molecule has 0 spiro atoms. The van der Waals surface area contributed by atoms with Gasteiger partial charge < -0.3 is 10.4 Å². The van der Waals surface area contributed by atoms with E-state index in [0.29, 0.717) is 11.0 Å². The fourth-order valence-corrected chi connectivity index (χ4v) is 1.64. The van der Waals surface area contributed by atoms with E-state index in [1.807, 2.05) is 6.92 Å². The first-order chi connectivity index (χ1) is 7.00. The van der Waals surface area contributed by atoms with Crippen LogP contribution in [0, 0.1) is 5.82 Å². The minimum Gasteiger partial charge on any atom is -0.392 e. The summed E-state index contributed by atoms with van der Waals surface area (Å²) in [6, 6.07) is 5.01. The van der Waals surface area contributed by atoms with Gasteiger partial charge in [-0.05, 0) is 47.5 Å². The molecule has 0 aromatic heterocycles. The molecule has 15 heavy (non-hydrogen) atoms. The summed E-state index contributed by atoms with van der Waals surface area (Å²) in [7, 11) is 0. The Hall–Kier alpha value is -0.450. The average molecular weight is 276 g/mol. The summed E-state index contributed by atoms with van der Waals surface area (Å²) in [5.74, 6) is -0.263. The molecule has 0 amide bonds. The van der Waals surface area contributed by atoms with Gasteiger partial charge in [0.15, 0.2) is 0 Å². The number of aliphatic hydroxyl groups is 1. The molecule has 0 aliphatic carbocycles. The number of hydrogen-bond donors (Lipinski definition) is 2. The Kier molecular flexibility index (Phi) is 4.70. The van der Waals surface area contributed by atoms with Gasteiger partial charge in [-0.2, -0.15) is 0 Å². The number of halogens is 2. The molecule has 1 aromatic rings. The van der Waals surface area contributed by atoms with Gasteiger partial charge in [0.2, 0.25) is 0 Å². The molecule has 0 aliphatic heterocycles. The molecule has 0 radical (unpaired) electrons. The molecule has 2 atom stereocenters. The second-order valence-electron chi connectivity index (χ2n) is 3.65. The summed E-state index contributed by atoms with van der Waals surface area (Å²) < 4.78 is 13.4. The molecule has 0 heterocycles. The molecule has 4 heteroatoms. The van der Waals surface area contributed by atoms with E-state index in [2.05, 4.69) is 21.2 Å². The van der Waals surface area contributed by atoms with Crippen LogP contribution in [0.5, 0.6) is 0 Å². The van der Waals surface area contributed by atoms with Crippen LogP contribution < -0.4 is 5.32 Å². The van der Waals surface area contributed by atoms with E-state index in [1.165, 1.54) is 6.07 Å². The van der Waals surface area contributed by atoms with E-state index in [9.17, 15) is 4.39 Å². The Labute approximate surface area is 97.6 Å². The van der Waals surface area contributed by atoms with Crippen molar-refractivity contribution < 1.29 is 9.50 Å². The lowest BCUT2D eigenvalue weighted by Gasteiger charge is -2.15. The molecule has 2 unspecified atom stereocenters. The van der Waals surface area contributed by atoms with Crippen LogP contribution >= 0.6 is 15.9 Å². The molecule has 1 rings (SSSR count). The van der Waals surface area contributed by atoms with E-state index in [4.69, 9.17) is 5.11 Å². The smallest absolute Gasteiger partial charge is 0.137 e. The van der Waals surface area contributed by atoms with Gasteiger partial charge in [-0.3, -0.25) is 0 Å². The minimum atomic E-state index is -0.378. The molecule has 0 fully saturated rings. The van der Waals surface area contributed by atoms with Crippen molar-refractivity contribution in [2.75, 3.05) is 6.54 Å². The molecule has 0 saturated carbocycles. The van der Waals surface area contributed by atoms with Gasteiger partial charge in [-0.15, -0.1) is 0 Å². The molecule has 0 bridgehead atoms. The predicted octanol–water partition coefficient (Wildman–Crippen LogP) is 2.62. The highest BCUT2D eigenvalue weighted by molar-refractivity contribution is 9.10. The predicted molar refractivity (Wildman–Crippen MR) is 62.2 cm³/mol. The zero-order chi connectivity index (χ0) is 11.4. The van der Waals surface area contributed by atoms with E-state index in [-0.39, 0.29) is 18.0 Å². The van der Waals surface area contributed by atoms with Crippen LogP contribution in [0.25, 0.3) is 0 Å². The van der Waals surface area contributed by atoms with Crippen LogP contribution in [0.1, 0.15) is 25.5 Å². The highest BCUT2D eigenvalue weighted by Gasteiger charge is 2.08. The number of nitrogens with one attached hydrogen (secondary N) is 1. The Balaban J connectivity index is 2.65. The summed E-state index contributed by atoms with van der Waals surface area (Å²) in [6.45, 7) is 4.22. The third kappa shape index (κ3) is 3.89. The monoisotopic (exact) mass is 275 g/mol. The molecular weight excluding hydrogens is 261 g/mol. The second kappa shape index (κ2) is 5.58. The minimum absolute atomic E-state index is 0.0940. The molecule has 0 aliphatic rings. The van der Waals surface area contributed by atoms with Gasteiger partial charge in [0, 0.05) is 12.6 Å². The molecule has 84 valence electrons. The van der Waals surface area contributed by atoms with E-state index in [0.717, 1.165) is 5.56 Å². The van der Waals surface area contributed by atoms with Crippen LogP contribution in [0.4, 0.5) is 4.39 Å². The van der Waals surface area contributed by atoms with Crippen molar-refractivity contribution in [1.29, 1.82) is 0 Å². The van der Waals surface area contributed by atoms with Gasteiger partial charge in [0.05, 0.1) is 10.6 Å². The summed E-state index contributed by atoms with van der Waals surface area (Å²) in [5, 5.41) is 12.3. The third-order valence-electron chi connectivity index (χ3n) is 2.16. The zero-order valence-electron chi connectivity index (χ0n) is 8.80. The topological polar surface area (TPSA) is 32.3 Å². The Morgan fingerprint density at radius 3 is 2.67 bits per heavy atom. The van der Waals surface area contributed by atoms with Crippen molar-refractivity contribution in [1.82, 2.24) is 5.32 Å². The van der Waals surface area contributed by atoms with Gasteiger partial charge in [0.1, 0.15) is 5.82 Å². The first-order valence-corrected chi connectivity index (χ1v) is 5.66. The van der Waals surface area contributed by atoms with Crippen LogP contribution in [-0.4, -0.2) is 17.8 Å². The van der Waals surface area contributed by atoms with Gasteiger partial charge in [-0.1, -0.05) is 6.07 Å². The number of benzene rings is 1. The van der Waals surface area contributed by atoms with Crippen LogP contribution in [0.2, 0.25) is 0 Å². The highest BCUT2D eigenvalue weighted by Crippen LogP contribution is 2.21. The zero-order valence-corrected chi connectivity index (χ0v) is 10.4. The first-order valence-electron chi connectivity index (χ1n) is 4.87. The van der Waals surface area contributed by atoms with Gasteiger partial charge in [0.25, 0.3) is 0 Å². The normalized spacial score (nSPS) is 15.0. The van der Waals surface area contributed by atoms with Crippen molar-refractivity contribution >= 4 is 15.9 Å². The fraction of sp³-hybridized carbons (Fsp3) is 0.455. The van der Waals surface area contributed by atoms with Gasteiger partial charge >= 0.3 is 0 Å². The SMILES string of the molecule is CC(O)CNC(C)c1ccc(F)c(Br)c1. The van der Waals surface area contributed by atoms with E-state index in [1.54, 1.807) is 19.1 Å². The summed E-state index contributed by atoms with van der Waals surface area (Å²) in [5.41, 5.74) is 0.990. The number of aliphatic hydroxyl groups excluding tert-OH is 1. The quantitative estimate of drug-likeness (QED) is 0.886. The average Bonchev–Trinajstić information content (AvgIpc) is 2.18. The number of hydrogen-bond acceptors (Lipinski definition) is 2. The molecule has 1 aromatic carbocycles. The van der Waals surface area contributed by atoms with Gasteiger partial charge in [-0.25, -0.2) is 4.39 Å². The Morgan fingerprint density at radius 2 is 2.13 bits per heavy atom. The lowest BCUT2D eigenvalue weighted by atomic mass is 10.1. The third-order valence-corrected chi connectivity index (χ3v) is 2.77. The summed E-state index contributed by atoms with van der Waals surface area (Å²) in [6.07, 6.45) is -0.378. The highest BCUT2D eigenvalue weighted by atomic mass is 79.9. The van der Waals surface area contributed by atoms with E-state index < -0.39 is 0 Å². The van der Waals surface area contributed by atoms with Crippen LogP contribution in [0.3, 0.4) is 0 Å². The fourth-order valence-electron chi connectivity index (χ4n) is 1.25. The summed E-state index contributed by atoms with van der Waals surface area (Å²) >= 11 is 3.14. The maximum Gasteiger partial charge on any atom is 0.137 e. The van der Waals surface area contributed by atoms with Crippen molar-refractivity contribution in [3.63, 3.8) is 0 Å². The molecule has 0 saturated heterocycles. The Bertz CT molecular complexity index is 330. The van der Waals surface area contributed by atoms with Crippen LogP contribution in [-0.2, 0) is 0 Å². The van der Waals surface area contributed by atoms with E-state index >= 15 is 0 Å². The maximum atomic E-state index is 13.0. The molecule has 2 N–H and O–H groups in total. The molecule has 2 nitrogen and oxygen atoms in total.